The molecule has 2 aromatic heterocycles. The van der Waals surface area contributed by atoms with Gasteiger partial charge in [0.1, 0.15) is 5.82 Å². The summed E-state index contributed by atoms with van der Waals surface area (Å²) >= 11 is 0. The minimum Gasteiger partial charge on any atom is -0.369 e. The van der Waals surface area contributed by atoms with Gasteiger partial charge in [-0.2, -0.15) is 0 Å². The molecule has 0 aromatic carbocycles. The third-order valence-corrected chi connectivity index (χ3v) is 2.68. The first-order valence-electron chi connectivity index (χ1n) is 6.53. The average molecular weight is 274 g/mol. The number of anilines is 1. The lowest BCUT2D eigenvalue weighted by Gasteiger charge is -2.13. The number of rotatable bonds is 6. The molecule has 1 atom stereocenters. The maximum atomic E-state index is 12.0. The second kappa shape index (κ2) is 6.65. The molecular weight excluding hydrogens is 256 g/mol. The molecule has 7 heteroatoms. The van der Waals surface area contributed by atoms with Crippen LogP contribution in [0.2, 0.25) is 0 Å². The highest BCUT2D eigenvalue weighted by Crippen LogP contribution is 2.02. The van der Waals surface area contributed by atoms with Gasteiger partial charge in [-0.3, -0.25) is 4.79 Å². The van der Waals surface area contributed by atoms with Crippen LogP contribution in [0.4, 0.5) is 5.82 Å². The zero-order valence-corrected chi connectivity index (χ0v) is 11.6. The molecule has 0 radical (unpaired) electrons. The lowest BCUT2D eigenvalue weighted by molar-refractivity contribution is 0.0930. The highest BCUT2D eigenvalue weighted by Gasteiger charge is 2.12. The van der Waals surface area contributed by atoms with Crippen molar-refractivity contribution >= 4 is 11.7 Å². The van der Waals surface area contributed by atoms with Crippen LogP contribution in [0.25, 0.3) is 0 Å². The maximum Gasteiger partial charge on any atom is 0.272 e. The molecule has 0 saturated heterocycles. The Morgan fingerprint density at radius 1 is 1.40 bits per heavy atom. The zero-order valence-electron chi connectivity index (χ0n) is 11.6. The van der Waals surface area contributed by atoms with Crippen LogP contribution in [-0.4, -0.2) is 38.2 Å². The van der Waals surface area contributed by atoms with E-state index in [-0.39, 0.29) is 11.9 Å². The normalized spacial score (nSPS) is 11.9. The summed E-state index contributed by atoms with van der Waals surface area (Å²) in [6, 6.07) is 3.38. The fraction of sp³-hybridized carbons (Fsp3) is 0.385. The van der Waals surface area contributed by atoms with Gasteiger partial charge in [-0.15, -0.1) is 10.2 Å². The van der Waals surface area contributed by atoms with E-state index in [0.29, 0.717) is 18.1 Å². The smallest absolute Gasteiger partial charge is 0.272 e. The van der Waals surface area contributed by atoms with E-state index in [0.717, 1.165) is 6.54 Å². The summed E-state index contributed by atoms with van der Waals surface area (Å²) in [5, 5.41) is 13.7. The number of carbonyl (C=O) groups is 1. The van der Waals surface area contributed by atoms with Crippen molar-refractivity contribution in [2.75, 3.05) is 11.9 Å². The molecule has 0 aliphatic carbocycles. The lowest BCUT2D eigenvalue weighted by Crippen LogP contribution is -2.36. The Hall–Kier alpha value is -2.44. The summed E-state index contributed by atoms with van der Waals surface area (Å²) in [4.78, 5) is 16.0. The first kappa shape index (κ1) is 14.0. The topological polar surface area (TPSA) is 84.7 Å². The molecule has 2 N–H and O–H groups in total. The average Bonchev–Trinajstić information content (AvgIpc) is 2.92. The Labute approximate surface area is 117 Å². The maximum absolute atomic E-state index is 12.0. The van der Waals surface area contributed by atoms with Crippen LogP contribution >= 0.6 is 0 Å². The predicted molar refractivity (Wildman–Crippen MR) is 75.4 cm³/mol. The fourth-order valence-corrected chi connectivity index (χ4v) is 1.78. The molecular formula is C13H18N6O. The summed E-state index contributed by atoms with van der Waals surface area (Å²) < 4.78 is 1.91. The second-order valence-electron chi connectivity index (χ2n) is 4.47. The van der Waals surface area contributed by atoms with E-state index in [1.807, 2.05) is 24.6 Å². The predicted octanol–water partition coefficient (Wildman–Crippen LogP) is 0.923. The Kier molecular flexibility index (Phi) is 4.65. The van der Waals surface area contributed by atoms with Crippen molar-refractivity contribution in [2.45, 2.75) is 26.4 Å². The number of amides is 1. The molecule has 2 rings (SSSR count). The van der Waals surface area contributed by atoms with E-state index in [1.165, 1.54) is 0 Å². The summed E-state index contributed by atoms with van der Waals surface area (Å²) in [6.07, 6.45) is 5.28. The van der Waals surface area contributed by atoms with E-state index in [4.69, 9.17) is 0 Å². The molecule has 2 heterocycles. The summed E-state index contributed by atoms with van der Waals surface area (Å²) in [7, 11) is 0. The van der Waals surface area contributed by atoms with E-state index in [9.17, 15) is 4.79 Å². The van der Waals surface area contributed by atoms with Gasteiger partial charge in [-0.05, 0) is 26.0 Å². The number of nitrogens with zero attached hydrogens (tertiary/aromatic N) is 4. The highest BCUT2D eigenvalue weighted by atomic mass is 16.2. The molecule has 20 heavy (non-hydrogen) atoms. The van der Waals surface area contributed by atoms with Crippen LogP contribution in [0.5, 0.6) is 0 Å². The molecule has 0 aliphatic heterocycles. The SMILES string of the molecule is CCNc1ccc(C(=O)NC(C)Cn2ccnc2)nn1. The van der Waals surface area contributed by atoms with E-state index in [2.05, 4.69) is 25.8 Å². The first-order valence-corrected chi connectivity index (χ1v) is 6.53. The second-order valence-corrected chi connectivity index (χ2v) is 4.47. The van der Waals surface area contributed by atoms with Crippen LogP contribution in [-0.2, 0) is 6.54 Å². The van der Waals surface area contributed by atoms with Gasteiger partial charge in [0, 0.05) is 31.5 Å². The van der Waals surface area contributed by atoms with Crippen molar-refractivity contribution in [3.05, 3.63) is 36.5 Å². The van der Waals surface area contributed by atoms with Crippen molar-refractivity contribution in [3.63, 3.8) is 0 Å². The van der Waals surface area contributed by atoms with Gasteiger partial charge in [0.15, 0.2) is 5.69 Å². The number of imidazole rings is 1. The van der Waals surface area contributed by atoms with Crippen molar-refractivity contribution < 1.29 is 4.79 Å². The molecule has 106 valence electrons. The van der Waals surface area contributed by atoms with Gasteiger partial charge in [0.2, 0.25) is 0 Å². The largest absolute Gasteiger partial charge is 0.369 e. The highest BCUT2D eigenvalue weighted by molar-refractivity contribution is 5.92. The summed E-state index contributed by atoms with van der Waals surface area (Å²) in [5.41, 5.74) is 0.309. The molecule has 2 aromatic rings. The monoisotopic (exact) mass is 274 g/mol. The van der Waals surface area contributed by atoms with Gasteiger partial charge >= 0.3 is 0 Å². The zero-order chi connectivity index (χ0) is 14.4. The van der Waals surface area contributed by atoms with Gasteiger partial charge in [-0.25, -0.2) is 4.98 Å². The Morgan fingerprint density at radius 3 is 2.85 bits per heavy atom. The van der Waals surface area contributed by atoms with Crippen molar-refractivity contribution in [2.24, 2.45) is 0 Å². The van der Waals surface area contributed by atoms with E-state index in [1.54, 1.807) is 24.7 Å². The van der Waals surface area contributed by atoms with Crippen LogP contribution in [0.3, 0.4) is 0 Å². The quantitative estimate of drug-likeness (QED) is 0.818. The molecule has 0 spiro atoms. The third-order valence-electron chi connectivity index (χ3n) is 2.68. The Morgan fingerprint density at radius 2 is 2.25 bits per heavy atom. The standard InChI is InChI=1S/C13H18N6O/c1-3-15-12-5-4-11(17-18-12)13(20)16-10(2)8-19-7-6-14-9-19/h4-7,9-10H,3,8H2,1-2H3,(H,15,18)(H,16,20). The molecule has 7 nitrogen and oxygen atoms in total. The Bertz CT molecular complexity index is 536. The van der Waals surface area contributed by atoms with Crippen LogP contribution in [0.15, 0.2) is 30.9 Å². The van der Waals surface area contributed by atoms with Crippen LogP contribution < -0.4 is 10.6 Å². The molecule has 0 saturated carbocycles. The molecule has 1 unspecified atom stereocenters. The van der Waals surface area contributed by atoms with Gasteiger partial charge < -0.3 is 15.2 Å². The number of hydrogen-bond donors (Lipinski definition) is 2. The minimum absolute atomic E-state index is 0.0213. The van der Waals surface area contributed by atoms with Crippen molar-refractivity contribution in [1.29, 1.82) is 0 Å². The van der Waals surface area contributed by atoms with Gasteiger partial charge in [0.25, 0.3) is 5.91 Å². The number of hydrogen-bond acceptors (Lipinski definition) is 5. The van der Waals surface area contributed by atoms with Crippen LogP contribution in [0.1, 0.15) is 24.3 Å². The fourth-order valence-electron chi connectivity index (χ4n) is 1.78. The van der Waals surface area contributed by atoms with E-state index >= 15 is 0 Å². The molecule has 0 aliphatic rings. The van der Waals surface area contributed by atoms with Gasteiger partial charge in [-0.1, -0.05) is 0 Å². The number of aromatic nitrogens is 4. The van der Waals surface area contributed by atoms with Crippen LogP contribution in [0, 0.1) is 0 Å². The molecule has 1 amide bonds. The lowest BCUT2D eigenvalue weighted by atomic mass is 10.3. The van der Waals surface area contributed by atoms with Gasteiger partial charge in [0.05, 0.1) is 6.33 Å². The Balaban J connectivity index is 1.90. The van der Waals surface area contributed by atoms with Crippen molar-refractivity contribution in [1.82, 2.24) is 25.1 Å². The minimum atomic E-state index is -0.229. The number of carbonyl (C=O) groups excluding carboxylic acids is 1. The van der Waals surface area contributed by atoms with Crippen molar-refractivity contribution in [3.8, 4) is 0 Å². The third kappa shape index (κ3) is 3.78. The first-order chi connectivity index (χ1) is 9.69. The van der Waals surface area contributed by atoms with E-state index < -0.39 is 0 Å². The molecule has 0 bridgehead atoms. The number of nitrogens with one attached hydrogen (secondary N) is 2. The summed E-state index contributed by atoms with van der Waals surface area (Å²) in [6.45, 7) is 5.33. The summed E-state index contributed by atoms with van der Waals surface area (Å²) in [5.74, 6) is 0.434. The molecule has 0 fully saturated rings.